The number of nitrogens with one attached hydrogen (secondary N) is 1. The van der Waals surface area contributed by atoms with Gasteiger partial charge in [-0.05, 0) is 24.8 Å². The molecule has 100 valence electrons. The molecule has 2 aromatic rings. The van der Waals surface area contributed by atoms with Gasteiger partial charge in [-0.25, -0.2) is 4.98 Å². The van der Waals surface area contributed by atoms with Crippen molar-refractivity contribution in [1.29, 1.82) is 0 Å². The van der Waals surface area contributed by atoms with Gasteiger partial charge in [0.05, 0.1) is 7.11 Å². The van der Waals surface area contributed by atoms with E-state index in [-0.39, 0.29) is 0 Å². The van der Waals surface area contributed by atoms with Crippen molar-refractivity contribution in [3.63, 3.8) is 0 Å². The van der Waals surface area contributed by atoms with E-state index in [9.17, 15) is 0 Å². The average Bonchev–Trinajstić information content (AvgIpc) is 2.89. The van der Waals surface area contributed by atoms with E-state index in [2.05, 4.69) is 20.4 Å². The van der Waals surface area contributed by atoms with E-state index in [1.54, 1.807) is 19.4 Å². The van der Waals surface area contributed by atoms with Gasteiger partial charge in [-0.3, -0.25) is 4.68 Å². The summed E-state index contributed by atoms with van der Waals surface area (Å²) < 4.78 is 7.07. The Morgan fingerprint density at radius 3 is 3.05 bits per heavy atom. The molecule has 2 aromatic heterocycles. The van der Waals surface area contributed by atoms with Gasteiger partial charge < -0.3 is 10.1 Å². The molecule has 0 radical (unpaired) electrons. The van der Waals surface area contributed by atoms with Crippen molar-refractivity contribution < 1.29 is 4.74 Å². The van der Waals surface area contributed by atoms with Gasteiger partial charge in [-0.15, -0.1) is 0 Å². The summed E-state index contributed by atoms with van der Waals surface area (Å²) in [5.41, 5.74) is 0. The van der Waals surface area contributed by atoms with Gasteiger partial charge in [-0.2, -0.15) is 10.1 Å². The molecular formula is C13H17N5O. The second-order valence-electron chi connectivity index (χ2n) is 4.83. The van der Waals surface area contributed by atoms with Gasteiger partial charge in [0.2, 0.25) is 11.8 Å². The molecule has 1 aliphatic rings. The number of anilines is 1. The Bertz CT molecular complexity index is 522. The smallest absolute Gasteiger partial charge is 0.226 e. The fourth-order valence-corrected chi connectivity index (χ4v) is 2.38. The highest BCUT2D eigenvalue weighted by molar-refractivity contribution is 5.29. The summed E-state index contributed by atoms with van der Waals surface area (Å²) in [4.78, 5) is 8.44. The summed E-state index contributed by atoms with van der Waals surface area (Å²) in [5, 5.41) is 7.56. The first-order valence-electron chi connectivity index (χ1n) is 6.44. The fourth-order valence-electron chi connectivity index (χ4n) is 2.38. The monoisotopic (exact) mass is 259 g/mol. The summed E-state index contributed by atoms with van der Waals surface area (Å²) >= 11 is 0. The minimum absolute atomic E-state index is 0.452. The molecule has 0 aromatic carbocycles. The van der Waals surface area contributed by atoms with Crippen LogP contribution in [0.25, 0.3) is 0 Å². The van der Waals surface area contributed by atoms with Crippen molar-refractivity contribution >= 4 is 5.95 Å². The Morgan fingerprint density at radius 1 is 1.42 bits per heavy atom. The SMILES string of the molecule is COc1ccnc(NC2CC(Cn3cccn3)C2)n1. The lowest BCUT2D eigenvalue weighted by Crippen LogP contribution is -2.38. The molecule has 1 N–H and O–H groups in total. The summed E-state index contributed by atoms with van der Waals surface area (Å²) in [6, 6.07) is 4.15. The third-order valence-corrected chi connectivity index (χ3v) is 3.41. The molecule has 0 aliphatic heterocycles. The molecule has 0 bridgehead atoms. The average molecular weight is 259 g/mol. The molecule has 6 heteroatoms. The zero-order valence-electron chi connectivity index (χ0n) is 10.9. The number of aromatic nitrogens is 4. The van der Waals surface area contributed by atoms with Crippen molar-refractivity contribution in [2.75, 3.05) is 12.4 Å². The van der Waals surface area contributed by atoms with Crippen LogP contribution in [0.15, 0.2) is 30.7 Å². The lowest BCUT2D eigenvalue weighted by molar-refractivity contribution is 0.240. The molecule has 6 nitrogen and oxygen atoms in total. The van der Waals surface area contributed by atoms with Crippen LogP contribution >= 0.6 is 0 Å². The van der Waals surface area contributed by atoms with E-state index in [0.717, 1.165) is 19.4 Å². The van der Waals surface area contributed by atoms with E-state index in [0.29, 0.717) is 23.8 Å². The Morgan fingerprint density at radius 2 is 2.32 bits per heavy atom. The van der Waals surface area contributed by atoms with Gasteiger partial charge in [0.25, 0.3) is 0 Å². The van der Waals surface area contributed by atoms with Gasteiger partial charge in [0.1, 0.15) is 0 Å². The zero-order valence-corrected chi connectivity index (χ0v) is 10.9. The minimum Gasteiger partial charge on any atom is -0.481 e. The number of hydrogen-bond acceptors (Lipinski definition) is 5. The van der Waals surface area contributed by atoms with Crippen LogP contribution in [0.5, 0.6) is 5.88 Å². The van der Waals surface area contributed by atoms with Crippen LogP contribution in [0.4, 0.5) is 5.95 Å². The highest BCUT2D eigenvalue weighted by atomic mass is 16.5. The topological polar surface area (TPSA) is 64.9 Å². The lowest BCUT2D eigenvalue weighted by Gasteiger charge is -2.35. The van der Waals surface area contributed by atoms with Crippen LogP contribution in [0.2, 0.25) is 0 Å². The van der Waals surface area contributed by atoms with E-state index in [1.165, 1.54) is 0 Å². The maximum Gasteiger partial charge on any atom is 0.226 e. The Balaban J connectivity index is 1.48. The largest absolute Gasteiger partial charge is 0.481 e. The zero-order chi connectivity index (χ0) is 13.1. The normalized spacial score (nSPS) is 21.7. The molecule has 0 amide bonds. The lowest BCUT2D eigenvalue weighted by atomic mass is 9.80. The summed E-state index contributed by atoms with van der Waals surface area (Å²) in [7, 11) is 1.61. The van der Waals surface area contributed by atoms with E-state index < -0.39 is 0 Å². The highest BCUT2D eigenvalue weighted by Crippen LogP contribution is 2.30. The minimum atomic E-state index is 0.452. The fraction of sp³-hybridized carbons (Fsp3) is 0.462. The Hall–Kier alpha value is -2.11. The van der Waals surface area contributed by atoms with Crippen LogP contribution in [-0.2, 0) is 6.54 Å². The second kappa shape index (κ2) is 5.26. The molecular weight excluding hydrogens is 242 g/mol. The molecule has 0 atom stereocenters. The third kappa shape index (κ3) is 2.83. The molecule has 0 spiro atoms. The van der Waals surface area contributed by atoms with Crippen LogP contribution in [0, 0.1) is 5.92 Å². The summed E-state index contributed by atoms with van der Waals surface area (Å²) in [6.07, 6.45) is 7.78. The van der Waals surface area contributed by atoms with Crippen LogP contribution in [0.1, 0.15) is 12.8 Å². The molecule has 1 saturated carbocycles. The third-order valence-electron chi connectivity index (χ3n) is 3.41. The Labute approximate surface area is 111 Å². The summed E-state index contributed by atoms with van der Waals surface area (Å²) in [5.74, 6) is 1.91. The van der Waals surface area contributed by atoms with Gasteiger partial charge in [-0.1, -0.05) is 0 Å². The van der Waals surface area contributed by atoms with Crippen molar-refractivity contribution in [2.24, 2.45) is 5.92 Å². The molecule has 19 heavy (non-hydrogen) atoms. The van der Waals surface area contributed by atoms with Crippen molar-refractivity contribution in [3.8, 4) is 5.88 Å². The number of rotatable bonds is 5. The molecule has 1 aliphatic carbocycles. The number of ether oxygens (including phenoxy) is 1. The first kappa shape index (κ1) is 12.0. The van der Waals surface area contributed by atoms with Gasteiger partial charge in [0, 0.05) is 37.2 Å². The number of hydrogen-bond donors (Lipinski definition) is 1. The predicted molar refractivity (Wildman–Crippen MR) is 70.9 cm³/mol. The van der Waals surface area contributed by atoms with Crippen LogP contribution in [0.3, 0.4) is 0 Å². The van der Waals surface area contributed by atoms with Crippen molar-refractivity contribution in [3.05, 3.63) is 30.7 Å². The molecule has 3 rings (SSSR count). The van der Waals surface area contributed by atoms with E-state index >= 15 is 0 Å². The summed E-state index contributed by atoms with van der Waals surface area (Å²) in [6.45, 7) is 0.990. The molecule has 2 heterocycles. The number of methoxy groups -OCH3 is 1. The van der Waals surface area contributed by atoms with Gasteiger partial charge in [0.15, 0.2) is 0 Å². The molecule has 1 fully saturated rings. The number of nitrogens with zero attached hydrogens (tertiary/aromatic N) is 4. The van der Waals surface area contributed by atoms with Crippen molar-refractivity contribution in [1.82, 2.24) is 19.7 Å². The standard InChI is InChI=1S/C13H17N5O/c1-19-12-3-5-14-13(17-12)16-11-7-10(8-11)9-18-6-2-4-15-18/h2-6,10-11H,7-9H2,1H3,(H,14,16,17). The first-order chi connectivity index (χ1) is 9.33. The quantitative estimate of drug-likeness (QED) is 0.883. The van der Waals surface area contributed by atoms with E-state index in [4.69, 9.17) is 4.74 Å². The Kier molecular flexibility index (Phi) is 3.31. The molecule has 0 unspecified atom stereocenters. The predicted octanol–water partition coefficient (Wildman–Crippen LogP) is 1.57. The van der Waals surface area contributed by atoms with Crippen LogP contribution in [-0.4, -0.2) is 32.9 Å². The maximum atomic E-state index is 5.08. The van der Waals surface area contributed by atoms with Crippen LogP contribution < -0.4 is 10.1 Å². The van der Waals surface area contributed by atoms with Crippen molar-refractivity contribution in [2.45, 2.75) is 25.4 Å². The second-order valence-corrected chi connectivity index (χ2v) is 4.83. The molecule has 0 saturated heterocycles. The first-order valence-corrected chi connectivity index (χ1v) is 6.44. The van der Waals surface area contributed by atoms with Gasteiger partial charge >= 0.3 is 0 Å². The maximum absolute atomic E-state index is 5.08. The highest BCUT2D eigenvalue weighted by Gasteiger charge is 2.29. The van der Waals surface area contributed by atoms with E-state index in [1.807, 2.05) is 23.1 Å².